The first-order valence-electron chi connectivity index (χ1n) is 12.0. The number of unbranched alkanes of at least 4 members (excludes halogenated alkanes) is 12. The van der Waals surface area contributed by atoms with E-state index in [0.717, 1.165) is 12.8 Å². The minimum absolute atomic E-state index is 0. The molecule has 0 bridgehead atoms. The summed E-state index contributed by atoms with van der Waals surface area (Å²) in [6.45, 7) is 6.29. The number of hydrogen-bond donors (Lipinski definition) is 2. The number of hydrogen-bond acceptors (Lipinski definition) is 2. The topological polar surface area (TPSA) is 66.4 Å². The quantitative estimate of drug-likeness (QED) is 0.129. The SMILES string of the molecule is CCCCCCCC/C=C\CCCCCCCCNC(=O)CCC(C)(C)C(=O)O.[KH]. The molecule has 4 nitrogen and oxygen atoms in total. The fourth-order valence-corrected chi connectivity index (χ4v) is 3.22. The Morgan fingerprint density at radius 3 is 1.77 bits per heavy atom. The molecule has 0 spiro atoms. The Morgan fingerprint density at radius 2 is 1.27 bits per heavy atom. The normalized spacial score (nSPS) is 11.4. The molecule has 0 saturated carbocycles. The molecule has 0 radical (unpaired) electrons. The molecule has 0 fully saturated rings. The van der Waals surface area contributed by atoms with Gasteiger partial charge in [0.2, 0.25) is 5.91 Å². The maximum atomic E-state index is 11.8. The van der Waals surface area contributed by atoms with Crippen molar-refractivity contribution in [2.75, 3.05) is 6.54 Å². The van der Waals surface area contributed by atoms with E-state index < -0.39 is 11.4 Å². The van der Waals surface area contributed by atoms with E-state index in [2.05, 4.69) is 24.4 Å². The van der Waals surface area contributed by atoms with E-state index in [9.17, 15) is 9.59 Å². The van der Waals surface area contributed by atoms with E-state index in [0.29, 0.717) is 13.0 Å². The van der Waals surface area contributed by atoms with Gasteiger partial charge in [-0.2, -0.15) is 0 Å². The van der Waals surface area contributed by atoms with Gasteiger partial charge >= 0.3 is 57.4 Å². The van der Waals surface area contributed by atoms with Crippen LogP contribution in [0.3, 0.4) is 0 Å². The van der Waals surface area contributed by atoms with Crippen molar-refractivity contribution in [1.82, 2.24) is 5.32 Å². The summed E-state index contributed by atoms with van der Waals surface area (Å²) in [5.41, 5.74) is -0.833. The van der Waals surface area contributed by atoms with Crippen molar-refractivity contribution in [1.29, 1.82) is 0 Å². The van der Waals surface area contributed by atoms with Crippen LogP contribution in [0.25, 0.3) is 0 Å². The molecule has 0 atom stereocenters. The summed E-state index contributed by atoms with van der Waals surface area (Å²) in [7, 11) is 0. The fourth-order valence-electron chi connectivity index (χ4n) is 3.22. The molecule has 0 unspecified atom stereocenters. The third kappa shape index (κ3) is 21.5. The van der Waals surface area contributed by atoms with Gasteiger partial charge in [-0.15, -0.1) is 0 Å². The van der Waals surface area contributed by atoms with Gasteiger partial charge in [-0.25, -0.2) is 0 Å². The predicted molar refractivity (Wildman–Crippen MR) is 130 cm³/mol. The molecule has 0 heterocycles. The summed E-state index contributed by atoms with van der Waals surface area (Å²) in [6.07, 6.45) is 23.3. The number of carboxylic acids is 1. The summed E-state index contributed by atoms with van der Waals surface area (Å²) in [5, 5.41) is 12.0. The van der Waals surface area contributed by atoms with Crippen molar-refractivity contribution in [2.24, 2.45) is 5.41 Å². The minimum atomic E-state index is -0.849. The van der Waals surface area contributed by atoms with Crippen molar-refractivity contribution < 1.29 is 14.7 Å². The average Bonchev–Trinajstić information content (AvgIpc) is 2.68. The number of rotatable bonds is 20. The zero-order chi connectivity index (χ0) is 21.8. The van der Waals surface area contributed by atoms with Gasteiger partial charge in [0.1, 0.15) is 0 Å². The molecule has 0 aromatic rings. The maximum absolute atomic E-state index is 11.8. The van der Waals surface area contributed by atoms with Crippen LogP contribution in [0.2, 0.25) is 0 Å². The number of carbonyl (C=O) groups is 2. The van der Waals surface area contributed by atoms with E-state index in [4.69, 9.17) is 5.11 Å². The van der Waals surface area contributed by atoms with Crippen LogP contribution in [0.5, 0.6) is 0 Å². The Bertz CT molecular complexity index is 450. The molecule has 172 valence electrons. The summed E-state index contributed by atoms with van der Waals surface area (Å²) in [5.74, 6) is -0.884. The van der Waals surface area contributed by atoms with E-state index in [1.54, 1.807) is 13.8 Å². The molecule has 0 aromatic heterocycles. The molecule has 0 rings (SSSR count). The molecule has 30 heavy (non-hydrogen) atoms. The molecule has 0 aliphatic carbocycles. The van der Waals surface area contributed by atoms with Crippen molar-refractivity contribution in [3.05, 3.63) is 12.2 Å². The van der Waals surface area contributed by atoms with Crippen LogP contribution in [0.15, 0.2) is 12.2 Å². The standard InChI is InChI=1S/C25H47NO3.K.H/c1-4-5-6-7-8-9-10-11-12-13-14-15-16-17-18-19-22-26-23(27)20-21-25(2,3)24(28)29;;/h11-12H,4-10,13-22H2,1-3H3,(H,26,27)(H,28,29);;/b12-11-;;. The van der Waals surface area contributed by atoms with Gasteiger partial charge in [-0.05, 0) is 52.4 Å². The van der Waals surface area contributed by atoms with E-state index in [1.807, 2.05) is 0 Å². The van der Waals surface area contributed by atoms with Crippen molar-refractivity contribution >= 4 is 63.3 Å². The second kappa shape index (κ2) is 22.5. The summed E-state index contributed by atoms with van der Waals surface area (Å²) in [4.78, 5) is 22.8. The van der Waals surface area contributed by atoms with Gasteiger partial charge in [-0.1, -0.05) is 76.9 Å². The third-order valence-corrected chi connectivity index (χ3v) is 5.57. The first kappa shape index (κ1) is 32.5. The first-order chi connectivity index (χ1) is 13.9. The van der Waals surface area contributed by atoms with Crippen molar-refractivity contribution in [3.8, 4) is 0 Å². The zero-order valence-corrected chi connectivity index (χ0v) is 19.4. The number of nitrogens with one attached hydrogen (secondary N) is 1. The van der Waals surface area contributed by atoms with Crippen LogP contribution in [0, 0.1) is 5.41 Å². The first-order valence-corrected chi connectivity index (χ1v) is 12.0. The van der Waals surface area contributed by atoms with Crippen molar-refractivity contribution in [3.63, 3.8) is 0 Å². The third-order valence-electron chi connectivity index (χ3n) is 5.57. The van der Waals surface area contributed by atoms with E-state index in [1.165, 1.54) is 77.0 Å². The fraction of sp³-hybridized carbons (Fsp3) is 0.840. The summed E-state index contributed by atoms with van der Waals surface area (Å²) in [6, 6.07) is 0. The van der Waals surface area contributed by atoms with Gasteiger partial charge in [0.15, 0.2) is 0 Å². The van der Waals surface area contributed by atoms with Gasteiger partial charge < -0.3 is 10.4 Å². The van der Waals surface area contributed by atoms with Crippen LogP contribution >= 0.6 is 0 Å². The molecule has 2 N–H and O–H groups in total. The molecule has 0 aliphatic heterocycles. The zero-order valence-electron chi connectivity index (χ0n) is 19.4. The molecule has 0 saturated heterocycles. The van der Waals surface area contributed by atoms with E-state index >= 15 is 0 Å². The monoisotopic (exact) mass is 449 g/mol. The molecular weight excluding hydrogens is 401 g/mol. The van der Waals surface area contributed by atoms with Gasteiger partial charge in [0.25, 0.3) is 0 Å². The molecular formula is C25H48KNO3. The Balaban J connectivity index is 0. The molecule has 1 amide bonds. The van der Waals surface area contributed by atoms with Gasteiger partial charge in [-0.3, -0.25) is 9.59 Å². The Kier molecular flexibility index (Phi) is 24.4. The van der Waals surface area contributed by atoms with Gasteiger partial charge in [0.05, 0.1) is 5.41 Å². The number of allylic oxidation sites excluding steroid dienone is 2. The summed E-state index contributed by atoms with van der Waals surface area (Å²) >= 11 is 0. The van der Waals surface area contributed by atoms with Crippen LogP contribution in [-0.4, -0.2) is 74.9 Å². The average molecular weight is 450 g/mol. The van der Waals surface area contributed by atoms with Crippen LogP contribution in [0.1, 0.15) is 124 Å². The number of aliphatic carboxylic acids is 1. The van der Waals surface area contributed by atoms with Crippen LogP contribution in [0.4, 0.5) is 0 Å². The predicted octanol–water partition coefficient (Wildman–Crippen LogP) is 6.38. The molecule has 0 aromatic carbocycles. The number of carboxylic acid groups (broad SMARTS) is 1. The molecule has 0 aliphatic rings. The second-order valence-electron chi connectivity index (χ2n) is 8.98. The second-order valence-corrected chi connectivity index (χ2v) is 8.98. The van der Waals surface area contributed by atoms with Crippen molar-refractivity contribution in [2.45, 2.75) is 124 Å². The molecule has 5 heteroatoms. The number of amides is 1. The Morgan fingerprint density at radius 1 is 0.800 bits per heavy atom. The number of carbonyl (C=O) groups excluding carboxylic acids is 1. The summed E-state index contributed by atoms with van der Waals surface area (Å²) < 4.78 is 0. The Hall–Kier alpha value is 0.316. The van der Waals surface area contributed by atoms with E-state index in [-0.39, 0.29) is 63.7 Å². The van der Waals surface area contributed by atoms with Gasteiger partial charge in [0, 0.05) is 13.0 Å². The van der Waals surface area contributed by atoms with Crippen LogP contribution < -0.4 is 5.32 Å². The Labute approximate surface area is 228 Å². The van der Waals surface area contributed by atoms with Crippen LogP contribution in [-0.2, 0) is 9.59 Å².